The largest absolute Gasteiger partial charge is 0.337 e. The summed E-state index contributed by atoms with van der Waals surface area (Å²) < 4.78 is 1.92. The summed E-state index contributed by atoms with van der Waals surface area (Å²) in [5.74, 6) is 0.296. The lowest BCUT2D eigenvalue weighted by molar-refractivity contribution is -0.138. The molecule has 0 atom stereocenters. The second-order valence-corrected chi connectivity index (χ2v) is 7.37. The maximum atomic E-state index is 12.5. The van der Waals surface area contributed by atoms with Gasteiger partial charge in [-0.1, -0.05) is 25.0 Å². The average Bonchev–Trinajstić information content (AvgIpc) is 3.27. The van der Waals surface area contributed by atoms with Crippen molar-refractivity contribution in [2.75, 3.05) is 19.6 Å². The van der Waals surface area contributed by atoms with Crippen LogP contribution in [0.4, 0.5) is 0 Å². The van der Waals surface area contributed by atoms with Crippen molar-refractivity contribution in [1.82, 2.24) is 19.6 Å². The molecule has 2 aromatic rings. The number of hydrogen-bond acceptors (Lipinski definition) is 3. The van der Waals surface area contributed by atoms with Crippen molar-refractivity contribution >= 4 is 5.91 Å². The minimum Gasteiger partial charge on any atom is -0.337 e. The van der Waals surface area contributed by atoms with Gasteiger partial charge in [0.1, 0.15) is 0 Å². The highest BCUT2D eigenvalue weighted by atomic mass is 16.2. The first kappa shape index (κ1) is 16.3. The standard InChI is InChI=1S/C20H26N4O/c1-16-5-4-8-19(11-16)24-14-17(12-21-24)13-22-9-10-23(20(25)15-22)18-6-2-3-7-18/h4-5,8,11-12,14,18H,2-3,6-7,9-10,13,15H2,1H3. The molecule has 4 rings (SSSR count). The average molecular weight is 338 g/mol. The lowest BCUT2D eigenvalue weighted by atomic mass is 10.1. The molecule has 0 unspecified atom stereocenters. The highest BCUT2D eigenvalue weighted by Crippen LogP contribution is 2.25. The number of piperazine rings is 1. The summed E-state index contributed by atoms with van der Waals surface area (Å²) in [5, 5.41) is 4.48. The summed E-state index contributed by atoms with van der Waals surface area (Å²) in [6.45, 7) is 5.24. The monoisotopic (exact) mass is 338 g/mol. The second kappa shape index (κ2) is 7.00. The third-order valence-corrected chi connectivity index (χ3v) is 5.41. The Morgan fingerprint density at radius 1 is 1.20 bits per heavy atom. The minimum atomic E-state index is 0.296. The first-order valence-electron chi connectivity index (χ1n) is 9.31. The van der Waals surface area contributed by atoms with Crippen molar-refractivity contribution in [2.45, 2.75) is 45.2 Å². The number of aryl methyl sites for hydroxylation is 1. The fourth-order valence-electron chi connectivity index (χ4n) is 4.08. The van der Waals surface area contributed by atoms with Crippen molar-refractivity contribution in [3.63, 3.8) is 0 Å². The molecule has 1 saturated carbocycles. The van der Waals surface area contributed by atoms with Crippen molar-refractivity contribution in [1.29, 1.82) is 0 Å². The first-order valence-corrected chi connectivity index (χ1v) is 9.31. The van der Waals surface area contributed by atoms with Crippen molar-refractivity contribution in [2.24, 2.45) is 0 Å². The van der Waals surface area contributed by atoms with Gasteiger partial charge in [0.25, 0.3) is 0 Å². The highest BCUT2D eigenvalue weighted by Gasteiger charge is 2.31. The van der Waals surface area contributed by atoms with Crippen LogP contribution >= 0.6 is 0 Å². The van der Waals surface area contributed by atoms with Crippen LogP contribution in [0.25, 0.3) is 5.69 Å². The third-order valence-electron chi connectivity index (χ3n) is 5.41. The van der Waals surface area contributed by atoms with Crippen LogP contribution in [0.3, 0.4) is 0 Å². The van der Waals surface area contributed by atoms with Gasteiger partial charge in [0.05, 0.1) is 18.4 Å². The molecule has 1 aliphatic heterocycles. The Morgan fingerprint density at radius 3 is 2.80 bits per heavy atom. The molecule has 2 heterocycles. The zero-order chi connectivity index (χ0) is 17.2. The Kier molecular flexibility index (Phi) is 4.57. The Bertz CT molecular complexity index is 748. The number of amides is 1. The molecule has 1 aliphatic carbocycles. The molecule has 25 heavy (non-hydrogen) atoms. The Balaban J connectivity index is 1.38. The molecule has 2 fully saturated rings. The van der Waals surface area contributed by atoms with Crippen LogP contribution in [0, 0.1) is 6.92 Å². The number of carbonyl (C=O) groups excluding carboxylic acids is 1. The summed E-state index contributed by atoms with van der Waals surface area (Å²) >= 11 is 0. The predicted molar refractivity (Wildman–Crippen MR) is 97.5 cm³/mol. The van der Waals surface area contributed by atoms with E-state index in [4.69, 9.17) is 0 Å². The molecule has 0 spiro atoms. The molecule has 0 N–H and O–H groups in total. The van der Waals surface area contributed by atoms with Gasteiger partial charge >= 0.3 is 0 Å². The fraction of sp³-hybridized carbons (Fsp3) is 0.500. The van der Waals surface area contributed by atoms with E-state index in [9.17, 15) is 4.79 Å². The van der Waals surface area contributed by atoms with Crippen molar-refractivity contribution in [3.8, 4) is 5.69 Å². The fourth-order valence-corrected chi connectivity index (χ4v) is 4.08. The molecule has 5 heteroatoms. The molecule has 1 aromatic heterocycles. The van der Waals surface area contributed by atoms with Crippen LogP contribution in [0.5, 0.6) is 0 Å². The van der Waals surface area contributed by atoms with E-state index in [-0.39, 0.29) is 0 Å². The number of rotatable bonds is 4. The molecule has 1 amide bonds. The number of carbonyl (C=O) groups is 1. The highest BCUT2D eigenvalue weighted by molar-refractivity contribution is 5.79. The second-order valence-electron chi connectivity index (χ2n) is 7.37. The molecule has 0 bridgehead atoms. The molecule has 132 valence electrons. The summed E-state index contributed by atoms with van der Waals surface area (Å²) in [4.78, 5) is 16.9. The van der Waals surface area contributed by atoms with Gasteiger partial charge in [-0.2, -0.15) is 5.10 Å². The lowest BCUT2D eigenvalue weighted by Gasteiger charge is -2.37. The summed E-state index contributed by atoms with van der Waals surface area (Å²) in [6, 6.07) is 8.82. The van der Waals surface area contributed by atoms with E-state index < -0.39 is 0 Å². The summed E-state index contributed by atoms with van der Waals surface area (Å²) in [6.07, 6.45) is 8.91. The van der Waals surface area contributed by atoms with Gasteiger partial charge in [-0.25, -0.2) is 4.68 Å². The van der Waals surface area contributed by atoms with Crippen LogP contribution in [-0.4, -0.2) is 51.2 Å². The minimum absolute atomic E-state index is 0.296. The van der Waals surface area contributed by atoms with Gasteiger partial charge in [-0.3, -0.25) is 9.69 Å². The third kappa shape index (κ3) is 3.61. The van der Waals surface area contributed by atoms with E-state index >= 15 is 0 Å². The van der Waals surface area contributed by atoms with Gasteiger partial charge in [0, 0.05) is 37.4 Å². The quantitative estimate of drug-likeness (QED) is 0.861. The molecular formula is C20H26N4O. The predicted octanol–water partition coefficient (Wildman–Crippen LogP) is 2.77. The molecule has 0 radical (unpaired) electrons. The molecule has 1 aromatic carbocycles. The number of benzene rings is 1. The molecule has 1 saturated heterocycles. The first-order chi connectivity index (χ1) is 12.2. The SMILES string of the molecule is Cc1cccc(-n2cc(CN3CCN(C4CCCC4)C(=O)C3)cn2)c1. The zero-order valence-corrected chi connectivity index (χ0v) is 14.9. The molecular weight excluding hydrogens is 312 g/mol. The van der Waals surface area contributed by atoms with E-state index in [2.05, 4.69) is 46.2 Å². The molecule has 2 aliphatic rings. The van der Waals surface area contributed by atoms with Gasteiger partial charge in [0.2, 0.25) is 5.91 Å². The van der Waals surface area contributed by atoms with E-state index in [0.717, 1.165) is 30.9 Å². The lowest BCUT2D eigenvalue weighted by Crippen LogP contribution is -2.53. The Hall–Kier alpha value is -2.14. The summed E-state index contributed by atoms with van der Waals surface area (Å²) in [5.41, 5.74) is 3.46. The van der Waals surface area contributed by atoms with Crippen LogP contribution < -0.4 is 0 Å². The molecule has 5 nitrogen and oxygen atoms in total. The van der Waals surface area contributed by atoms with Crippen LogP contribution in [0.2, 0.25) is 0 Å². The van der Waals surface area contributed by atoms with Gasteiger partial charge < -0.3 is 4.90 Å². The normalized spacial score (nSPS) is 19.7. The van der Waals surface area contributed by atoms with Crippen molar-refractivity contribution < 1.29 is 4.79 Å². The maximum Gasteiger partial charge on any atom is 0.237 e. The number of nitrogens with zero attached hydrogens (tertiary/aromatic N) is 4. The maximum absolute atomic E-state index is 12.5. The van der Waals surface area contributed by atoms with E-state index in [1.807, 2.05) is 16.9 Å². The Labute approximate surface area is 149 Å². The number of hydrogen-bond donors (Lipinski definition) is 0. The smallest absolute Gasteiger partial charge is 0.237 e. The van der Waals surface area contributed by atoms with Crippen molar-refractivity contribution in [3.05, 3.63) is 47.8 Å². The van der Waals surface area contributed by atoms with Crippen LogP contribution in [0.1, 0.15) is 36.8 Å². The van der Waals surface area contributed by atoms with Gasteiger partial charge in [-0.15, -0.1) is 0 Å². The number of aromatic nitrogens is 2. The topological polar surface area (TPSA) is 41.4 Å². The van der Waals surface area contributed by atoms with E-state index in [1.54, 1.807) is 0 Å². The zero-order valence-electron chi connectivity index (χ0n) is 14.9. The van der Waals surface area contributed by atoms with Gasteiger partial charge in [-0.05, 0) is 37.5 Å². The van der Waals surface area contributed by atoms with Gasteiger partial charge in [0.15, 0.2) is 0 Å². The van der Waals surface area contributed by atoms with Crippen LogP contribution in [0.15, 0.2) is 36.7 Å². The van der Waals surface area contributed by atoms with E-state index in [1.165, 1.54) is 31.2 Å². The summed E-state index contributed by atoms with van der Waals surface area (Å²) in [7, 11) is 0. The van der Waals surface area contributed by atoms with E-state index in [0.29, 0.717) is 18.5 Å². The van der Waals surface area contributed by atoms with Crippen LogP contribution in [-0.2, 0) is 11.3 Å². The Morgan fingerprint density at radius 2 is 2.04 bits per heavy atom.